The van der Waals surface area contributed by atoms with Crippen molar-refractivity contribution in [3.05, 3.63) is 11.1 Å². The Kier molecular flexibility index (Phi) is 7.15. The zero-order chi connectivity index (χ0) is 12.3. The molecule has 0 heterocycles. The van der Waals surface area contributed by atoms with Crippen molar-refractivity contribution in [1.29, 1.82) is 10.5 Å². The fraction of sp³-hybridized carbons (Fsp3) is 0.733. The van der Waals surface area contributed by atoms with Crippen molar-refractivity contribution in [3.8, 4) is 12.1 Å². The van der Waals surface area contributed by atoms with Gasteiger partial charge in [0.2, 0.25) is 0 Å². The minimum absolute atomic E-state index is 0.377. The zero-order valence-corrected chi connectivity index (χ0v) is 10.7. The molecule has 0 saturated heterocycles. The van der Waals surface area contributed by atoms with Crippen molar-refractivity contribution in [3.63, 3.8) is 0 Å². The molecule has 2 heteroatoms. The van der Waals surface area contributed by atoms with Gasteiger partial charge in [-0.2, -0.15) is 10.5 Å². The molecule has 0 spiro atoms. The molecule has 0 aromatic heterocycles. The quantitative estimate of drug-likeness (QED) is 0.569. The van der Waals surface area contributed by atoms with Gasteiger partial charge in [-0.1, -0.05) is 44.9 Å². The van der Waals surface area contributed by atoms with Crippen LogP contribution in [0.1, 0.15) is 70.6 Å². The van der Waals surface area contributed by atoms with Crippen LogP contribution in [0.4, 0.5) is 0 Å². The molecule has 2 nitrogen and oxygen atoms in total. The highest BCUT2D eigenvalue weighted by molar-refractivity contribution is 5.40. The van der Waals surface area contributed by atoms with Gasteiger partial charge in [-0.15, -0.1) is 0 Å². The van der Waals surface area contributed by atoms with Gasteiger partial charge >= 0.3 is 0 Å². The van der Waals surface area contributed by atoms with Crippen LogP contribution in [0.15, 0.2) is 11.1 Å². The Hall–Kier alpha value is -1.28. The van der Waals surface area contributed by atoms with Gasteiger partial charge in [0.25, 0.3) is 0 Å². The maximum absolute atomic E-state index is 8.94. The van der Waals surface area contributed by atoms with Crippen molar-refractivity contribution in [2.45, 2.75) is 70.6 Å². The van der Waals surface area contributed by atoms with E-state index in [9.17, 15) is 0 Å². The fourth-order valence-corrected chi connectivity index (χ4v) is 2.47. The number of nitrogens with zero attached hydrogens (tertiary/aromatic N) is 2. The van der Waals surface area contributed by atoms with E-state index in [-0.39, 0.29) is 0 Å². The highest BCUT2D eigenvalue weighted by Crippen LogP contribution is 2.22. The predicted octanol–water partition coefficient (Wildman–Crippen LogP) is 4.63. The zero-order valence-electron chi connectivity index (χ0n) is 10.7. The Balaban J connectivity index is 2.58. The monoisotopic (exact) mass is 230 g/mol. The second-order valence-corrected chi connectivity index (χ2v) is 4.88. The van der Waals surface area contributed by atoms with Crippen molar-refractivity contribution >= 4 is 0 Å². The van der Waals surface area contributed by atoms with Crippen LogP contribution in [0.2, 0.25) is 0 Å². The van der Waals surface area contributed by atoms with Gasteiger partial charge < -0.3 is 0 Å². The van der Waals surface area contributed by atoms with Gasteiger partial charge in [0.15, 0.2) is 0 Å². The van der Waals surface area contributed by atoms with E-state index in [0.29, 0.717) is 5.57 Å². The van der Waals surface area contributed by atoms with E-state index in [1.54, 1.807) is 0 Å². The summed E-state index contributed by atoms with van der Waals surface area (Å²) >= 11 is 0. The second kappa shape index (κ2) is 8.82. The lowest BCUT2D eigenvalue weighted by molar-refractivity contribution is 0.539. The van der Waals surface area contributed by atoms with Crippen molar-refractivity contribution in [2.24, 2.45) is 0 Å². The normalized spacial score (nSPS) is 19.3. The molecule has 0 atom stereocenters. The molecular weight excluding hydrogens is 208 g/mol. The Labute approximate surface area is 105 Å². The molecular formula is C15H22N2. The first-order valence-corrected chi connectivity index (χ1v) is 6.90. The topological polar surface area (TPSA) is 47.6 Å². The first-order valence-electron chi connectivity index (χ1n) is 6.90. The van der Waals surface area contributed by atoms with Crippen LogP contribution in [-0.4, -0.2) is 0 Å². The van der Waals surface area contributed by atoms with Crippen LogP contribution in [0, 0.1) is 22.7 Å². The average molecular weight is 230 g/mol. The summed E-state index contributed by atoms with van der Waals surface area (Å²) in [7, 11) is 0. The Morgan fingerprint density at radius 1 is 0.647 bits per heavy atom. The first kappa shape index (κ1) is 13.8. The first-order chi connectivity index (χ1) is 8.38. The van der Waals surface area contributed by atoms with Crippen LogP contribution < -0.4 is 0 Å². The van der Waals surface area contributed by atoms with Gasteiger partial charge in [0.1, 0.15) is 17.7 Å². The number of rotatable bonds is 0. The molecule has 1 fully saturated rings. The SMILES string of the molecule is N#CC(C#N)=C1CCCCCCCCCCC1. The predicted molar refractivity (Wildman–Crippen MR) is 69.0 cm³/mol. The standard InChI is InChI=1S/C15H22N2/c16-12-15(13-17)14-10-8-6-4-2-1-3-5-7-9-11-14/h1-11H2. The summed E-state index contributed by atoms with van der Waals surface area (Å²) in [5.74, 6) is 0. The minimum atomic E-state index is 0.377. The molecule has 1 aliphatic rings. The maximum Gasteiger partial charge on any atom is 0.128 e. The summed E-state index contributed by atoms with van der Waals surface area (Å²) in [4.78, 5) is 0. The summed E-state index contributed by atoms with van der Waals surface area (Å²) < 4.78 is 0. The minimum Gasteiger partial charge on any atom is -0.192 e. The molecule has 0 aliphatic heterocycles. The fourth-order valence-electron chi connectivity index (χ4n) is 2.47. The van der Waals surface area contributed by atoms with E-state index < -0.39 is 0 Å². The lowest BCUT2D eigenvalue weighted by atomic mass is 9.95. The third kappa shape index (κ3) is 5.55. The van der Waals surface area contributed by atoms with E-state index in [1.807, 2.05) is 0 Å². The van der Waals surface area contributed by atoms with Crippen LogP contribution in [-0.2, 0) is 0 Å². The summed E-state index contributed by atoms with van der Waals surface area (Å²) in [5, 5.41) is 17.9. The van der Waals surface area contributed by atoms with E-state index in [4.69, 9.17) is 10.5 Å². The molecule has 17 heavy (non-hydrogen) atoms. The largest absolute Gasteiger partial charge is 0.192 e. The third-order valence-corrected chi connectivity index (χ3v) is 3.53. The van der Waals surface area contributed by atoms with E-state index in [2.05, 4.69) is 12.1 Å². The Morgan fingerprint density at radius 2 is 1.00 bits per heavy atom. The summed E-state index contributed by atoms with van der Waals surface area (Å²) in [5.41, 5.74) is 1.48. The molecule has 1 rings (SSSR count). The Morgan fingerprint density at radius 3 is 1.35 bits per heavy atom. The van der Waals surface area contributed by atoms with Gasteiger partial charge in [0, 0.05) is 0 Å². The van der Waals surface area contributed by atoms with Gasteiger partial charge in [-0.25, -0.2) is 0 Å². The second-order valence-electron chi connectivity index (χ2n) is 4.88. The lowest BCUT2D eigenvalue weighted by Crippen LogP contribution is -1.93. The summed E-state index contributed by atoms with van der Waals surface area (Å²) in [6, 6.07) is 4.10. The van der Waals surface area contributed by atoms with Crippen molar-refractivity contribution in [1.82, 2.24) is 0 Å². The van der Waals surface area contributed by atoms with Gasteiger partial charge in [-0.05, 0) is 31.3 Å². The average Bonchev–Trinajstić information content (AvgIpc) is 2.33. The van der Waals surface area contributed by atoms with Crippen LogP contribution in [0.25, 0.3) is 0 Å². The van der Waals surface area contributed by atoms with E-state index in [1.165, 1.54) is 44.9 Å². The molecule has 0 N–H and O–H groups in total. The molecule has 1 aliphatic carbocycles. The summed E-state index contributed by atoms with van der Waals surface area (Å²) in [6.45, 7) is 0. The van der Waals surface area contributed by atoms with Crippen LogP contribution in [0.3, 0.4) is 0 Å². The molecule has 0 unspecified atom stereocenters. The number of allylic oxidation sites excluding steroid dienone is 2. The van der Waals surface area contributed by atoms with Crippen LogP contribution in [0.5, 0.6) is 0 Å². The smallest absolute Gasteiger partial charge is 0.128 e. The number of nitriles is 2. The van der Waals surface area contributed by atoms with Crippen LogP contribution >= 0.6 is 0 Å². The third-order valence-electron chi connectivity index (χ3n) is 3.53. The van der Waals surface area contributed by atoms with Gasteiger partial charge in [-0.3, -0.25) is 0 Å². The molecule has 0 amide bonds. The van der Waals surface area contributed by atoms with Crippen molar-refractivity contribution in [2.75, 3.05) is 0 Å². The molecule has 0 aromatic rings. The molecule has 0 aromatic carbocycles. The lowest BCUT2D eigenvalue weighted by Gasteiger charge is -2.10. The number of hydrogen-bond acceptors (Lipinski definition) is 2. The van der Waals surface area contributed by atoms with E-state index >= 15 is 0 Å². The maximum atomic E-state index is 8.94. The van der Waals surface area contributed by atoms with E-state index in [0.717, 1.165) is 31.3 Å². The Bertz CT molecular complexity index is 298. The molecule has 0 bridgehead atoms. The molecule has 0 radical (unpaired) electrons. The number of hydrogen-bond donors (Lipinski definition) is 0. The van der Waals surface area contributed by atoms with Gasteiger partial charge in [0.05, 0.1) is 0 Å². The summed E-state index contributed by atoms with van der Waals surface area (Å²) in [6.07, 6.45) is 13.4. The van der Waals surface area contributed by atoms with Crippen molar-refractivity contribution < 1.29 is 0 Å². The molecule has 92 valence electrons. The molecule has 1 saturated carbocycles. The highest BCUT2D eigenvalue weighted by Gasteiger charge is 2.07. The highest BCUT2D eigenvalue weighted by atomic mass is 14.3.